The molecule has 0 aromatic carbocycles. The largest absolute Gasteiger partial charge is 0.469 e. The predicted molar refractivity (Wildman–Crippen MR) is 60.8 cm³/mol. The number of esters is 2. The highest BCUT2D eigenvalue weighted by molar-refractivity contribution is 5.81. The summed E-state index contributed by atoms with van der Waals surface area (Å²) in [5.74, 6) is -0.592. The van der Waals surface area contributed by atoms with Gasteiger partial charge in [0.15, 0.2) is 0 Å². The molecule has 16 heavy (non-hydrogen) atoms. The molecular formula is C12H20O4. The SMILES string of the molecule is CCOC(=O)/C=C/CC(C)(C)CC(=O)OC. The summed E-state index contributed by atoms with van der Waals surface area (Å²) in [5.41, 5.74) is -0.212. The van der Waals surface area contributed by atoms with Crippen LogP contribution in [0.2, 0.25) is 0 Å². The molecule has 0 spiro atoms. The third kappa shape index (κ3) is 7.04. The number of hydrogen-bond acceptors (Lipinski definition) is 4. The number of methoxy groups -OCH3 is 1. The molecule has 0 atom stereocenters. The number of allylic oxidation sites excluding steroid dienone is 1. The lowest BCUT2D eigenvalue weighted by atomic mass is 9.85. The van der Waals surface area contributed by atoms with E-state index in [4.69, 9.17) is 4.74 Å². The summed E-state index contributed by atoms with van der Waals surface area (Å²) >= 11 is 0. The van der Waals surface area contributed by atoms with Gasteiger partial charge in [-0.15, -0.1) is 0 Å². The lowest BCUT2D eigenvalue weighted by molar-refractivity contribution is -0.142. The van der Waals surface area contributed by atoms with Crippen molar-refractivity contribution in [3.8, 4) is 0 Å². The molecule has 0 aliphatic heterocycles. The van der Waals surface area contributed by atoms with Gasteiger partial charge in [0.25, 0.3) is 0 Å². The van der Waals surface area contributed by atoms with Gasteiger partial charge in [0.1, 0.15) is 0 Å². The first kappa shape index (κ1) is 14.7. The first-order valence-corrected chi connectivity index (χ1v) is 5.31. The molecular weight excluding hydrogens is 208 g/mol. The van der Waals surface area contributed by atoms with Crippen LogP contribution in [0.1, 0.15) is 33.6 Å². The molecule has 0 saturated carbocycles. The Balaban J connectivity index is 4.07. The van der Waals surface area contributed by atoms with Gasteiger partial charge in [-0.3, -0.25) is 4.79 Å². The molecule has 0 N–H and O–H groups in total. The van der Waals surface area contributed by atoms with Crippen molar-refractivity contribution in [2.24, 2.45) is 5.41 Å². The molecule has 92 valence electrons. The summed E-state index contributed by atoms with van der Waals surface area (Å²) in [6.07, 6.45) is 4.07. The molecule has 0 amide bonds. The molecule has 0 aliphatic carbocycles. The molecule has 0 aliphatic rings. The van der Waals surface area contributed by atoms with E-state index in [9.17, 15) is 9.59 Å². The lowest BCUT2D eigenvalue weighted by Crippen LogP contribution is -2.17. The minimum absolute atomic E-state index is 0.212. The molecule has 0 aromatic rings. The minimum atomic E-state index is -0.351. The number of ether oxygens (including phenoxy) is 2. The smallest absolute Gasteiger partial charge is 0.330 e. The third-order valence-corrected chi connectivity index (χ3v) is 2.06. The second-order valence-electron chi connectivity index (χ2n) is 4.28. The van der Waals surface area contributed by atoms with E-state index in [-0.39, 0.29) is 17.4 Å². The van der Waals surface area contributed by atoms with Crippen LogP contribution in [0.5, 0.6) is 0 Å². The fraction of sp³-hybridized carbons (Fsp3) is 0.667. The maximum atomic E-state index is 11.1. The van der Waals surface area contributed by atoms with Gasteiger partial charge in [0.2, 0.25) is 0 Å². The van der Waals surface area contributed by atoms with Crippen molar-refractivity contribution in [2.45, 2.75) is 33.6 Å². The second-order valence-corrected chi connectivity index (χ2v) is 4.28. The Bertz CT molecular complexity index is 266. The van der Waals surface area contributed by atoms with Crippen molar-refractivity contribution in [3.05, 3.63) is 12.2 Å². The Hall–Kier alpha value is -1.32. The topological polar surface area (TPSA) is 52.6 Å². The van der Waals surface area contributed by atoms with Gasteiger partial charge in [-0.05, 0) is 18.8 Å². The summed E-state index contributed by atoms with van der Waals surface area (Å²) in [7, 11) is 1.37. The zero-order valence-electron chi connectivity index (χ0n) is 10.4. The van der Waals surface area contributed by atoms with Gasteiger partial charge >= 0.3 is 11.9 Å². The van der Waals surface area contributed by atoms with Crippen LogP contribution in [0.15, 0.2) is 12.2 Å². The molecule has 0 unspecified atom stereocenters. The molecule has 0 rings (SSSR count). The predicted octanol–water partition coefficient (Wildman–Crippen LogP) is 2.09. The number of carbonyl (C=O) groups is 2. The number of carbonyl (C=O) groups excluding carboxylic acids is 2. The van der Waals surface area contributed by atoms with Crippen molar-refractivity contribution in [3.63, 3.8) is 0 Å². The zero-order chi connectivity index (χ0) is 12.6. The molecule has 0 bridgehead atoms. The van der Waals surface area contributed by atoms with Gasteiger partial charge in [0, 0.05) is 6.08 Å². The van der Waals surface area contributed by atoms with Crippen molar-refractivity contribution in [1.29, 1.82) is 0 Å². The van der Waals surface area contributed by atoms with E-state index in [2.05, 4.69) is 4.74 Å². The molecule has 0 radical (unpaired) electrons. The molecule has 4 heteroatoms. The highest BCUT2D eigenvalue weighted by Crippen LogP contribution is 2.25. The maximum Gasteiger partial charge on any atom is 0.330 e. The van der Waals surface area contributed by atoms with Crippen LogP contribution in [0.4, 0.5) is 0 Å². The van der Waals surface area contributed by atoms with Crippen molar-refractivity contribution in [2.75, 3.05) is 13.7 Å². The van der Waals surface area contributed by atoms with Crippen molar-refractivity contribution >= 4 is 11.9 Å². The average molecular weight is 228 g/mol. The first-order valence-electron chi connectivity index (χ1n) is 5.31. The summed E-state index contributed by atoms with van der Waals surface area (Å²) in [6.45, 7) is 6.01. The fourth-order valence-corrected chi connectivity index (χ4v) is 1.20. The van der Waals surface area contributed by atoms with E-state index in [1.807, 2.05) is 13.8 Å². The van der Waals surface area contributed by atoms with Crippen LogP contribution in [0, 0.1) is 5.41 Å². The molecule has 0 fully saturated rings. The summed E-state index contributed by atoms with van der Waals surface area (Å²) in [5, 5.41) is 0. The number of rotatable bonds is 6. The summed E-state index contributed by atoms with van der Waals surface area (Å²) in [4.78, 5) is 22.1. The molecule has 0 heterocycles. The highest BCUT2D eigenvalue weighted by Gasteiger charge is 2.21. The standard InChI is InChI=1S/C12H20O4/c1-5-16-10(13)7-6-8-12(2,3)9-11(14)15-4/h6-7H,5,8-9H2,1-4H3/b7-6+. The van der Waals surface area contributed by atoms with E-state index in [0.29, 0.717) is 19.4 Å². The van der Waals surface area contributed by atoms with Gasteiger partial charge in [-0.1, -0.05) is 19.9 Å². The summed E-state index contributed by atoms with van der Waals surface area (Å²) < 4.78 is 9.34. The molecule has 0 saturated heterocycles. The monoisotopic (exact) mass is 228 g/mol. The Labute approximate surface area is 96.6 Å². The van der Waals surface area contributed by atoms with Gasteiger partial charge in [0.05, 0.1) is 20.1 Å². The number of hydrogen-bond donors (Lipinski definition) is 0. The normalized spacial score (nSPS) is 11.5. The lowest BCUT2D eigenvalue weighted by Gasteiger charge is -2.20. The van der Waals surface area contributed by atoms with Gasteiger partial charge in [-0.2, -0.15) is 0 Å². The maximum absolute atomic E-state index is 11.1. The van der Waals surface area contributed by atoms with Gasteiger partial charge in [-0.25, -0.2) is 4.79 Å². The fourth-order valence-electron chi connectivity index (χ4n) is 1.20. The summed E-state index contributed by atoms with van der Waals surface area (Å²) in [6, 6.07) is 0. The van der Waals surface area contributed by atoms with E-state index < -0.39 is 0 Å². The highest BCUT2D eigenvalue weighted by atomic mass is 16.5. The van der Waals surface area contributed by atoms with Crippen LogP contribution in [-0.2, 0) is 19.1 Å². The first-order chi connectivity index (χ1) is 7.41. The van der Waals surface area contributed by atoms with Crippen LogP contribution in [0.25, 0.3) is 0 Å². The van der Waals surface area contributed by atoms with Gasteiger partial charge < -0.3 is 9.47 Å². The Morgan fingerprint density at radius 3 is 2.44 bits per heavy atom. The molecule has 4 nitrogen and oxygen atoms in total. The third-order valence-electron chi connectivity index (χ3n) is 2.06. The van der Waals surface area contributed by atoms with Crippen LogP contribution in [0.3, 0.4) is 0 Å². The van der Waals surface area contributed by atoms with E-state index in [1.54, 1.807) is 13.0 Å². The average Bonchev–Trinajstić information content (AvgIpc) is 2.16. The zero-order valence-corrected chi connectivity index (χ0v) is 10.4. The van der Waals surface area contributed by atoms with Crippen LogP contribution >= 0.6 is 0 Å². The van der Waals surface area contributed by atoms with Crippen LogP contribution < -0.4 is 0 Å². The van der Waals surface area contributed by atoms with Crippen molar-refractivity contribution < 1.29 is 19.1 Å². The second kappa shape index (κ2) is 7.04. The van der Waals surface area contributed by atoms with E-state index >= 15 is 0 Å². The Morgan fingerprint density at radius 2 is 1.94 bits per heavy atom. The quantitative estimate of drug-likeness (QED) is 0.516. The van der Waals surface area contributed by atoms with E-state index in [0.717, 1.165) is 0 Å². The molecule has 0 aromatic heterocycles. The minimum Gasteiger partial charge on any atom is -0.469 e. The van der Waals surface area contributed by atoms with E-state index in [1.165, 1.54) is 13.2 Å². The Morgan fingerprint density at radius 1 is 1.31 bits per heavy atom. The van der Waals surface area contributed by atoms with Crippen molar-refractivity contribution in [1.82, 2.24) is 0 Å². The van der Waals surface area contributed by atoms with Crippen LogP contribution in [-0.4, -0.2) is 25.7 Å². The Kier molecular flexibility index (Phi) is 6.46.